The molecule has 0 fully saturated rings. The van der Waals surface area contributed by atoms with Crippen LogP contribution >= 0.6 is 22.9 Å². The van der Waals surface area contributed by atoms with Crippen molar-refractivity contribution in [2.45, 2.75) is 45.8 Å². The zero-order valence-electron chi connectivity index (χ0n) is 24.2. The fourth-order valence-corrected chi connectivity index (χ4v) is 6.96. The number of fused-ring (bicyclic) bond motifs is 2. The predicted molar refractivity (Wildman–Crippen MR) is 172 cm³/mol. The van der Waals surface area contributed by atoms with Crippen LogP contribution in [0.3, 0.4) is 0 Å². The van der Waals surface area contributed by atoms with Crippen LogP contribution in [0.15, 0.2) is 66.9 Å². The molecule has 1 atom stereocenters. The molecule has 1 N–H and O–H groups in total. The van der Waals surface area contributed by atoms with Gasteiger partial charge in [0.05, 0.1) is 21.5 Å². The number of ether oxygens (including phenoxy) is 1. The second kappa shape index (κ2) is 10.8. The number of hydrogen-bond donors (Lipinski definition) is 1. The lowest BCUT2D eigenvalue weighted by atomic mass is 9.91. The molecule has 6 nitrogen and oxygen atoms in total. The first-order valence-electron chi connectivity index (χ1n) is 13.9. The van der Waals surface area contributed by atoms with Crippen molar-refractivity contribution in [2.24, 2.45) is 0 Å². The number of rotatable bonds is 6. The molecule has 6 rings (SSSR count). The molecule has 5 aromatic rings. The van der Waals surface area contributed by atoms with Gasteiger partial charge in [0.2, 0.25) is 0 Å². The van der Waals surface area contributed by atoms with Crippen LogP contribution < -0.4 is 4.90 Å². The van der Waals surface area contributed by atoms with Crippen molar-refractivity contribution in [1.29, 1.82) is 0 Å². The van der Waals surface area contributed by atoms with Gasteiger partial charge in [-0.2, -0.15) is 0 Å². The number of anilines is 1. The van der Waals surface area contributed by atoms with Crippen LogP contribution in [0.2, 0.25) is 5.02 Å². The minimum Gasteiger partial charge on any atom is -0.479 e. The molecule has 0 amide bonds. The lowest BCUT2D eigenvalue weighted by molar-refractivity contribution is -0.160. The van der Waals surface area contributed by atoms with Gasteiger partial charge in [0.25, 0.3) is 0 Å². The third kappa shape index (κ3) is 5.28. The van der Waals surface area contributed by atoms with E-state index in [1.807, 2.05) is 70.3 Å². The third-order valence-electron chi connectivity index (χ3n) is 7.56. The lowest BCUT2D eigenvalue weighted by Gasteiger charge is -2.28. The van der Waals surface area contributed by atoms with Gasteiger partial charge in [-0.25, -0.2) is 9.78 Å². The van der Waals surface area contributed by atoms with Gasteiger partial charge in [0, 0.05) is 52.8 Å². The van der Waals surface area contributed by atoms with Crippen molar-refractivity contribution in [3.8, 4) is 33.0 Å². The van der Waals surface area contributed by atoms with Crippen LogP contribution in [0, 0.1) is 6.92 Å². The van der Waals surface area contributed by atoms with E-state index in [1.165, 1.54) is 11.3 Å². The Balaban J connectivity index is 1.54. The maximum Gasteiger partial charge on any atom is 0.337 e. The molecule has 214 valence electrons. The van der Waals surface area contributed by atoms with Gasteiger partial charge in [-0.1, -0.05) is 35.9 Å². The molecule has 0 saturated carbocycles. The largest absolute Gasteiger partial charge is 0.479 e. The van der Waals surface area contributed by atoms with Gasteiger partial charge in [-0.05, 0) is 87.2 Å². The van der Waals surface area contributed by atoms with E-state index in [0.29, 0.717) is 10.6 Å². The van der Waals surface area contributed by atoms with Crippen LogP contribution in [-0.4, -0.2) is 40.2 Å². The Hall–Kier alpha value is -3.78. The lowest BCUT2D eigenvalue weighted by Crippen LogP contribution is -2.28. The first kappa shape index (κ1) is 28.3. The van der Waals surface area contributed by atoms with Gasteiger partial charge in [-0.15, -0.1) is 11.3 Å². The van der Waals surface area contributed by atoms with Gasteiger partial charge < -0.3 is 14.7 Å². The van der Waals surface area contributed by atoms with E-state index >= 15 is 0 Å². The summed E-state index contributed by atoms with van der Waals surface area (Å²) in [5.41, 5.74) is 8.83. The van der Waals surface area contributed by atoms with Gasteiger partial charge in [0.1, 0.15) is 5.01 Å². The van der Waals surface area contributed by atoms with Gasteiger partial charge >= 0.3 is 5.97 Å². The minimum absolute atomic E-state index is 0.609. The van der Waals surface area contributed by atoms with E-state index in [9.17, 15) is 9.90 Å². The quantitative estimate of drug-likeness (QED) is 0.211. The number of aryl methyl sites for hydroxylation is 1. The Labute approximate surface area is 254 Å². The summed E-state index contributed by atoms with van der Waals surface area (Å²) in [6.07, 6.45) is 1.67. The average Bonchev–Trinajstić information content (AvgIpc) is 3.55. The molecule has 1 aliphatic rings. The van der Waals surface area contributed by atoms with E-state index in [1.54, 1.807) is 11.3 Å². The van der Waals surface area contributed by atoms with Crippen molar-refractivity contribution in [2.75, 3.05) is 18.5 Å². The van der Waals surface area contributed by atoms with E-state index in [-0.39, 0.29) is 0 Å². The number of carboxylic acids is 1. The summed E-state index contributed by atoms with van der Waals surface area (Å²) >= 11 is 7.79. The van der Waals surface area contributed by atoms with E-state index < -0.39 is 17.7 Å². The molecular weight excluding hydrogens is 566 g/mol. The minimum atomic E-state index is -1.16. The number of carboxylic acid groups (broad SMARTS) is 1. The number of likely N-dealkylation sites (N-methyl/N-ethyl adjacent to an activating group) is 1. The summed E-state index contributed by atoms with van der Waals surface area (Å²) in [5.74, 6) is -1.04. The van der Waals surface area contributed by atoms with E-state index in [2.05, 4.69) is 36.2 Å². The molecule has 0 unspecified atom stereocenters. The molecule has 1 aliphatic heterocycles. The van der Waals surface area contributed by atoms with Crippen LogP contribution in [0.25, 0.3) is 43.2 Å². The molecule has 0 bridgehead atoms. The van der Waals surface area contributed by atoms with E-state index in [0.717, 1.165) is 61.7 Å². The van der Waals surface area contributed by atoms with Crippen molar-refractivity contribution >= 4 is 44.8 Å². The fourth-order valence-electron chi connectivity index (χ4n) is 5.71. The number of thiazole rings is 1. The summed E-state index contributed by atoms with van der Waals surface area (Å²) in [5, 5.41) is 11.8. The average molecular weight is 598 g/mol. The van der Waals surface area contributed by atoms with Gasteiger partial charge in [0.15, 0.2) is 6.10 Å². The summed E-state index contributed by atoms with van der Waals surface area (Å²) < 4.78 is 7.05. The number of aliphatic carboxylic acids is 1. The number of carbonyl (C=O) groups is 1. The molecule has 0 saturated heterocycles. The van der Waals surface area contributed by atoms with E-state index in [4.69, 9.17) is 26.3 Å². The van der Waals surface area contributed by atoms with Crippen LogP contribution in [0.1, 0.15) is 43.6 Å². The number of nitrogens with zero attached hydrogens (tertiary/aromatic N) is 3. The van der Waals surface area contributed by atoms with Crippen LogP contribution in [-0.2, 0) is 16.0 Å². The Kier molecular flexibility index (Phi) is 7.29. The summed E-state index contributed by atoms with van der Waals surface area (Å²) in [4.78, 5) is 24.7. The SMILES string of the molecule is Cc1cc2nc(-c3ccnc(-c4cccc5c4CCN5C)c3)sc2c(-c2ccc(Cl)cc2)c1[C@H](OC(C)(C)C)C(=O)O. The number of aromatic nitrogens is 2. The van der Waals surface area contributed by atoms with Crippen molar-refractivity contribution in [3.05, 3.63) is 88.6 Å². The maximum absolute atomic E-state index is 12.6. The maximum atomic E-state index is 12.6. The zero-order valence-corrected chi connectivity index (χ0v) is 25.8. The molecular formula is C34H32ClN3O3S. The monoisotopic (exact) mass is 597 g/mol. The number of halogens is 1. The van der Waals surface area contributed by atoms with Crippen LogP contribution in [0.4, 0.5) is 5.69 Å². The molecule has 42 heavy (non-hydrogen) atoms. The highest BCUT2D eigenvalue weighted by atomic mass is 35.5. The fraction of sp³-hybridized carbons (Fsp3) is 0.265. The Morgan fingerprint density at radius 2 is 1.86 bits per heavy atom. The second-order valence-corrected chi connectivity index (χ2v) is 13.1. The predicted octanol–water partition coefficient (Wildman–Crippen LogP) is 8.59. The second-order valence-electron chi connectivity index (χ2n) is 11.7. The zero-order chi connectivity index (χ0) is 29.8. The van der Waals surface area contributed by atoms with Crippen molar-refractivity contribution < 1.29 is 14.6 Å². The third-order valence-corrected chi connectivity index (χ3v) is 8.95. The first-order valence-corrected chi connectivity index (χ1v) is 15.1. The summed E-state index contributed by atoms with van der Waals surface area (Å²) in [6, 6.07) is 19.9. The van der Waals surface area contributed by atoms with Crippen molar-refractivity contribution in [1.82, 2.24) is 9.97 Å². The summed E-state index contributed by atoms with van der Waals surface area (Å²) in [6.45, 7) is 8.52. The highest BCUT2D eigenvalue weighted by molar-refractivity contribution is 7.22. The topological polar surface area (TPSA) is 75.5 Å². The molecule has 8 heteroatoms. The number of pyridine rings is 1. The Morgan fingerprint density at radius 3 is 2.57 bits per heavy atom. The highest BCUT2D eigenvalue weighted by Gasteiger charge is 2.32. The Morgan fingerprint density at radius 1 is 1.10 bits per heavy atom. The highest BCUT2D eigenvalue weighted by Crippen LogP contribution is 2.45. The number of hydrogen-bond acceptors (Lipinski definition) is 6. The molecule has 0 spiro atoms. The molecule has 2 aromatic heterocycles. The molecule has 0 radical (unpaired) electrons. The normalized spacial score (nSPS) is 13.9. The summed E-state index contributed by atoms with van der Waals surface area (Å²) in [7, 11) is 2.12. The first-order chi connectivity index (χ1) is 20.0. The molecule has 3 aromatic carbocycles. The Bertz CT molecular complexity index is 1830. The standard InChI is InChI=1S/C34H32ClN3O3S/c1-19-17-26-31(29(20-9-11-22(35)12-10-20)28(19)30(33(39)40)41-34(2,3)4)42-32(37-26)21-13-15-36-25(18-21)23-7-6-8-27-24(23)14-16-38(27)5/h6-13,15,17-18,30H,14,16H2,1-5H3,(H,39,40)/t30-/m0/s1. The smallest absolute Gasteiger partial charge is 0.337 e. The molecule has 0 aliphatic carbocycles. The number of benzene rings is 3. The van der Waals surface area contributed by atoms with Crippen molar-refractivity contribution in [3.63, 3.8) is 0 Å². The van der Waals surface area contributed by atoms with Crippen LogP contribution in [0.5, 0.6) is 0 Å². The van der Waals surface area contributed by atoms with Gasteiger partial charge in [-0.3, -0.25) is 4.98 Å². The molecule has 3 heterocycles.